The first kappa shape index (κ1) is 18.6. The zero-order chi connectivity index (χ0) is 21.0. The molecule has 31 heavy (non-hydrogen) atoms. The molecule has 8 nitrogen and oxygen atoms in total. The second-order valence-corrected chi connectivity index (χ2v) is 6.81. The monoisotopic (exact) mass is 411 g/mol. The van der Waals surface area contributed by atoms with E-state index in [0.717, 1.165) is 22.1 Å². The van der Waals surface area contributed by atoms with Gasteiger partial charge >= 0.3 is 6.09 Å². The highest BCUT2D eigenvalue weighted by atomic mass is 16.6. The summed E-state index contributed by atoms with van der Waals surface area (Å²) in [5, 5.41) is 17.5. The number of tetrazole rings is 1. The number of rotatable bonds is 5. The summed E-state index contributed by atoms with van der Waals surface area (Å²) in [6.45, 7) is 0.00552. The maximum absolute atomic E-state index is 12.3. The van der Waals surface area contributed by atoms with E-state index in [9.17, 15) is 4.79 Å². The van der Waals surface area contributed by atoms with Gasteiger partial charge in [0.1, 0.15) is 11.3 Å². The molecule has 0 atom stereocenters. The largest absolute Gasteiger partial charge is 0.457 e. The molecule has 5 aromatic rings. The van der Waals surface area contributed by atoms with Gasteiger partial charge in [-0.25, -0.2) is 4.79 Å². The molecule has 3 aromatic carbocycles. The quantitative estimate of drug-likeness (QED) is 0.420. The highest BCUT2D eigenvalue weighted by molar-refractivity contribution is 5.90. The van der Waals surface area contributed by atoms with Gasteiger partial charge in [-0.15, -0.1) is 10.2 Å². The molecule has 0 aliphatic carbocycles. The molecule has 0 saturated heterocycles. The second-order valence-electron chi connectivity index (χ2n) is 6.81. The first-order valence-corrected chi connectivity index (χ1v) is 9.61. The number of hydrogen-bond donors (Lipinski definition) is 2. The number of aromatic amines is 1. The maximum Gasteiger partial charge on any atom is 0.412 e. The summed E-state index contributed by atoms with van der Waals surface area (Å²) in [5.41, 5.74) is 4.11. The first-order chi connectivity index (χ1) is 15.3. The topological polar surface area (TPSA) is 106 Å². The maximum atomic E-state index is 12.3. The Morgan fingerprint density at radius 2 is 1.81 bits per heavy atom. The van der Waals surface area contributed by atoms with E-state index in [1.807, 2.05) is 42.5 Å². The number of amides is 1. The third-order valence-electron chi connectivity index (χ3n) is 4.77. The Kier molecular flexibility index (Phi) is 4.86. The lowest BCUT2D eigenvalue weighted by atomic mass is 10.0. The average Bonchev–Trinajstić information content (AvgIpc) is 3.48. The van der Waals surface area contributed by atoms with Crippen molar-refractivity contribution < 1.29 is 13.9 Å². The number of furan rings is 1. The van der Waals surface area contributed by atoms with E-state index >= 15 is 0 Å². The van der Waals surface area contributed by atoms with Crippen molar-refractivity contribution in [1.29, 1.82) is 0 Å². The predicted octanol–water partition coefficient (Wildman–Crippen LogP) is 5.03. The van der Waals surface area contributed by atoms with Crippen molar-refractivity contribution in [3.63, 3.8) is 0 Å². The molecule has 0 fully saturated rings. The van der Waals surface area contributed by atoms with Crippen molar-refractivity contribution in [2.24, 2.45) is 0 Å². The minimum atomic E-state index is -0.610. The van der Waals surface area contributed by atoms with E-state index < -0.39 is 6.09 Å². The molecule has 152 valence electrons. The Hall–Kier alpha value is -4.46. The highest BCUT2D eigenvalue weighted by Gasteiger charge is 2.13. The van der Waals surface area contributed by atoms with Crippen LogP contribution in [0.3, 0.4) is 0 Å². The van der Waals surface area contributed by atoms with Crippen molar-refractivity contribution in [3.05, 3.63) is 84.6 Å². The predicted molar refractivity (Wildman–Crippen MR) is 115 cm³/mol. The zero-order valence-electron chi connectivity index (χ0n) is 16.3. The number of anilines is 1. The van der Waals surface area contributed by atoms with Crippen molar-refractivity contribution in [3.8, 4) is 22.5 Å². The number of nitrogens with zero attached hydrogens (tertiary/aromatic N) is 3. The number of benzene rings is 3. The summed E-state index contributed by atoms with van der Waals surface area (Å²) in [4.78, 5) is 12.3. The van der Waals surface area contributed by atoms with E-state index in [0.29, 0.717) is 22.8 Å². The van der Waals surface area contributed by atoms with Crippen LogP contribution in [0.2, 0.25) is 0 Å². The number of H-pyrrole nitrogens is 1. The molecular weight excluding hydrogens is 394 g/mol. The Labute approximate surface area is 176 Å². The zero-order valence-corrected chi connectivity index (χ0v) is 16.3. The molecule has 0 radical (unpaired) electrons. The summed E-state index contributed by atoms with van der Waals surface area (Å²) in [6.07, 6.45) is -0.610. The summed E-state index contributed by atoms with van der Waals surface area (Å²) in [7, 11) is 0. The van der Waals surface area contributed by atoms with Crippen LogP contribution < -0.4 is 5.32 Å². The van der Waals surface area contributed by atoms with E-state index in [-0.39, 0.29) is 6.61 Å². The van der Waals surface area contributed by atoms with Gasteiger partial charge in [-0.2, -0.15) is 5.21 Å². The molecule has 0 saturated carbocycles. The van der Waals surface area contributed by atoms with Crippen LogP contribution in [0, 0.1) is 0 Å². The van der Waals surface area contributed by atoms with E-state index in [4.69, 9.17) is 9.15 Å². The summed E-state index contributed by atoms with van der Waals surface area (Å²) in [5.74, 6) is 0.934. The molecule has 0 unspecified atom stereocenters. The van der Waals surface area contributed by atoms with Gasteiger partial charge in [0.15, 0.2) is 6.61 Å². The van der Waals surface area contributed by atoms with Crippen LogP contribution >= 0.6 is 0 Å². The molecular formula is C23H17N5O3. The van der Waals surface area contributed by atoms with Crippen molar-refractivity contribution in [2.75, 3.05) is 5.32 Å². The number of aromatic nitrogens is 4. The van der Waals surface area contributed by atoms with E-state index in [1.165, 1.54) is 0 Å². The molecule has 0 aliphatic rings. The molecule has 0 spiro atoms. The number of carbonyl (C=O) groups excluding carboxylic acids is 1. The van der Waals surface area contributed by atoms with Gasteiger partial charge in [0.25, 0.3) is 0 Å². The Bertz CT molecular complexity index is 1330. The van der Waals surface area contributed by atoms with Crippen LogP contribution in [0.5, 0.6) is 0 Å². The van der Waals surface area contributed by atoms with Gasteiger partial charge < -0.3 is 9.15 Å². The number of fused-ring (bicyclic) bond motifs is 1. The lowest BCUT2D eigenvalue weighted by molar-refractivity contribution is 0.147. The Morgan fingerprint density at radius 1 is 0.968 bits per heavy atom. The molecule has 0 aliphatic heterocycles. The third-order valence-corrected chi connectivity index (χ3v) is 4.77. The van der Waals surface area contributed by atoms with Crippen LogP contribution in [-0.4, -0.2) is 26.7 Å². The molecule has 2 N–H and O–H groups in total. The fourth-order valence-corrected chi connectivity index (χ4v) is 3.33. The second kappa shape index (κ2) is 8.11. The van der Waals surface area contributed by atoms with E-state index in [2.05, 4.69) is 44.1 Å². The number of hydrogen-bond acceptors (Lipinski definition) is 6. The van der Waals surface area contributed by atoms with Crippen molar-refractivity contribution in [1.82, 2.24) is 20.6 Å². The first-order valence-electron chi connectivity index (χ1n) is 9.61. The van der Waals surface area contributed by atoms with Gasteiger partial charge in [-0.3, -0.25) is 5.32 Å². The lowest BCUT2D eigenvalue weighted by Gasteiger charge is -2.08. The average molecular weight is 411 g/mol. The standard InChI is InChI=1S/C23H17N5O3/c29-23(24-20-9-5-4-8-19(20)22-25-27-28-26-22)30-14-18-13-17-12-16(10-11-21(17)31-18)15-6-2-1-3-7-15/h1-13H,14H2,(H,24,29)(H,25,26,27,28). The minimum absolute atomic E-state index is 0.00552. The third kappa shape index (κ3) is 3.99. The SMILES string of the molecule is O=C(Nc1ccccc1-c1nn[nH]n1)OCc1cc2cc(-c3ccccc3)ccc2o1. The van der Waals surface area contributed by atoms with Crippen LogP contribution in [0.25, 0.3) is 33.5 Å². The minimum Gasteiger partial charge on any atom is -0.457 e. The summed E-state index contributed by atoms with van der Waals surface area (Å²) < 4.78 is 11.1. The summed E-state index contributed by atoms with van der Waals surface area (Å²) >= 11 is 0. The molecule has 2 heterocycles. The molecule has 1 amide bonds. The van der Waals surface area contributed by atoms with Crippen LogP contribution in [0.1, 0.15) is 5.76 Å². The number of para-hydroxylation sites is 1. The van der Waals surface area contributed by atoms with Crippen molar-refractivity contribution in [2.45, 2.75) is 6.61 Å². The van der Waals surface area contributed by atoms with Gasteiger partial charge in [0.05, 0.1) is 5.69 Å². The molecule has 2 aromatic heterocycles. The molecule has 8 heteroatoms. The van der Waals surface area contributed by atoms with Crippen LogP contribution in [-0.2, 0) is 11.3 Å². The van der Waals surface area contributed by atoms with Gasteiger partial charge in [-0.05, 0) is 46.7 Å². The van der Waals surface area contributed by atoms with Crippen LogP contribution in [0.15, 0.2) is 83.3 Å². The fraction of sp³-hybridized carbons (Fsp3) is 0.0435. The lowest BCUT2D eigenvalue weighted by Crippen LogP contribution is -2.14. The number of nitrogens with one attached hydrogen (secondary N) is 2. The van der Waals surface area contributed by atoms with Gasteiger partial charge in [0, 0.05) is 10.9 Å². The Balaban J connectivity index is 1.28. The number of carbonyl (C=O) groups is 1. The van der Waals surface area contributed by atoms with Crippen molar-refractivity contribution >= 4 is 22.7 Å². The van der Waals surface area contributed by atoms with Gasteiger partial charge in [-0.1, -0.05) is 48.5 Å². The fourth-order valence-electron chi connectivity index (χ4n) is 3.33. The number of ether oxygens (including phenoxy) is 1. The van der Waals surface area contributed by atoms with E-state index in [1.54, 1.807) is 18.2 Å². The summed E-state index contributed by atoms with van der Waals surface area (Å²) in [6, 6.07) is 25.1. The highest BCUT2D eigenvalue weighted by Crippen LogP contribution is 2.27. The van der Waals surface area contributed by atoms with Gasteiger partial charge in [0.2, 0.25) is 5.82 Å². The molecule has 5 rings (SSSR count). The molecule has 0 bridgehead atoms. The normalized spacial score (nSPS) is 10.8. The van der Waals surface area contributed by atoms with Crippen LogP contribution in [0.4, 0.5) is 10.5 Å². The Morgan fingerprint density at radius 3 is 2.65 bits per heavy atom. The smallest absolute Gasteiger partial charge is 0.412 e.